The number of carbonyl (C=O) groups is 1. The van der Waals surface area contributed by atoms with Crippen molar-refractivity contribution in [2.75, 3.05) is 33.4 Å². The zero-order valence-corrected chi connectivity index (χ0v) is 11.4. The van der Waals surface area contributed by atoms with E-state index in [0.29, 0.717) is 26.2 Å². The van der Waals surface area contributed by atoms with Gasteiger partial charge in [0.05, 0.1) is 19.3 Å². The van der Waals surface area contributed by atoms with Gasteiger partial charge in [-0.3, -0.25) is 4.79 Å². The van der Waals surface area contributed by atoms with E-state index in [1.165, 1.54) is 0 Å². The number of hydrogen-bond acceptors (Lipinski definition) is 5. The lowest BCUT2D eigenvalue weighted by molar-refractivity contribution is -0.121. The molecule has 0 bridgehead atoms. The molecule has 18 heavy (non-hydrogen) atoms. The summed E-state index contributed by atoms with van der Waals surface area (Å²) in [5.41, 5.74) is -0.863. The van der Waals surface area contributed by atoms with Gasteiger partial charge in [-0.15, -0.1) is 0 Å². The van der Waals surface area contributed by atoms with E-state index in [2.05, 4.69) is 10.6 Å². The molecule has 0 saturated carbocycles. The summed E-state index contributed by atoms with van der Waals surface area (Å²) in [7, 11) is 1.60. The number of rotatable bonds is 7. The molecular weight excluding hydrogens is 236 g/mol. The fourth-order valence-corrected chi connectivity index (χ4v) is 2.01. The van der Waals surface area contributed by atoms with E-state index >= 15 is 0 Å². The molecule has 1 heterocycles. The van der Waals surface area contributed by atoms with Crippen molar-refractivity contribution in [1.29, 1.82) is 0 Å². The molecular formula is C12H24N2O4. The third kappa shape index (κ3) is 4.53. The van der Waals surface area contributed by atoms with E-state index in [1.807, 2.05) is 13.8 Å². The lowest BCUT2D eigenvalue weighted by atomic mass is 9.97. The molecule has 1 amide bonds. The summed E-state index contributed by atoms with van der Waals surface area (Å²) in [6.45, 7) is 5.32. The zero-order chi connectivity index (χ0) is 13.6. The molecule has 6 heteroatoms. The van der Waals surface area contributed by atoms with Crippen molar-refractivity contribution < 1.29 is 19.4 Å². The van der Waals surface area contributed by atoms with Gasteiger partial charge in [0.25, 0.3) is 0 Å². The average molecular weight is 260 g/mol. The highest BCUT2D eigenvalue weighted by Gasteiger charge is 2.39. The van der Waals surface area contributed by atoms with E-state index in [4.69, 9.17) is 9.47 Å². The molecule has 3 N–H and O–H groups in total. The number of ether oxygens (including phenoxy) is 2. The quantitative estimate of drug-likeness (QED) is 0.562. The van der Waals surface area contributed by atoms with Crippen LogP contribution in [0.25, 0.3) is 0 Å². The molecule has 3 atom stereocenters. The molecule has 1 saturated heterocycles. The van der Waals surface area contributed by atoms with Crippen LogP contribution in [0.1, 0.15) is 20.3 Å². The Kier molecular flexibility index (Phi) is 6.01. The Balaban J connectivity index is 2.19. The molecule has 1 fully saturated rings. The minimum atomic E-state index is -0.863. The summed E-state index contributed by atoms with van der Waals surface area (Å²) in [6.07, 6.45) is 0.406. The van der Waals surface area contributed by atoms with Gasteiger partial charge >= 0.3 is 0 Å². The highest BCUT2D eigenvalue weighted by atomic mass is 16.5. The van der Waals surface area contributed by atoms with Crippen molar-refractivity contribution >= 4 is 5.91 Å². The summed E-state index contributed by atoms with van der Waals surface area (Å²) >= 11 is 0. The van der Waals surface area contributed by atoms with Crippen LogP contribution in [0.15, 0.2) is 0 Å². The Morgan fingerprint density at radius 3 is 2.94 bits per heavy atom. The van der Waals surface area contributed by atoms with Crippen LogP contribution in [0.2, 0.25) is 0 Å². The average Bonchev–Trinajstić information content (AvgIpc) is 2.59. The van der Waals surface area contributed by atoms with Gasteiger partial charge in [0.2, 0.25) is 5.91 Å². The van der Waals surface area contributed by atoms with Crippen LogP contribution in [0.3, 0.4) is 0 Å². The van der Waals surface area contributed by atoms with Crippen molar-refractivity contribution in [3.05, 3.63) is 0 Å². The SMILES string of the molecule is COCC(C)NC(=O)CNCC1(O)CCOC1C. The van der Waals surface area contributed by atoms with E-state index in [1.54, 1.807) is 7.11 Å². The van der Waals surface area contributed by atoms with Crippen molar-refractivity contribution in [1.82, 2.24) is 10.6 Å². The Hall–Kier alpha value is -0.690. The second kappa shape index (κ2) is 7.04. The fourth-order valence-electron chi connectivity index (χ4n) is 2.01. The summed E-state index contributed by atoms with van der Waals surface area (Å²) in [4.78, 5) is 11.5. The first kappa shape index (κ1) is 15.4. The molecule has 106 valence electrons. The first-order valence-corrected chi connectivity index (χ1v) is 6.31. The molecule has 0 aromatic carbocycles. The molecule has 3 unspecified atom stereocenters. The number of amides is 1. The second-order valence-electron chi connectivity index (χ2n) is 4.89. The minimum Gasteiger partial charge on any atom is -0.386 e. The van der Waals surface area contributed by atoms with Crippen LogP contribution in [-0.2, 0) is 14.3 Å². The highest BCUT2D eigenvalue weighted by Crippen LogP contribution is 2.24. The van der Waals surface area contributed by atoms with Crippen molar-refractivity contribution in [3.63, 3.8) is 0 Å². The van der Waals surface area contributed by atoms with Crippen LogP contribution >= 0.6 is 0 Å². The minimum absolute atomic E-state index is 0.0128. The van der Waals surface area contributed by atoms with E-state index in [0.717, 1.165) is 0 Å². The lowest BCUT2D eigenvalue weighted by Crippen LogP contribution is -2.49. The number of aliphatic hydroxyl groups is 1. The number of hydrogen-bond donors (Lipinski definition) is 3. The monoisotopic (exact) mass is 260 g/mol. The van der Waals surface area contributed by atoms with Crippen LogP contribution in [0.4, 0.5) is 0 Å². The van der Waals surface area contributed by atoms with Gasteiger partial charge in [-0.2, -0.15) is 0 Å². The lowest BCUT2D eigenvalue weighted by Gasteiger charge is -2.26. The molecule has 1 aliphatic heterocycles. The molecule has 1 aliphatic rings. The van der Waals surface area contributed by atoms with Crippen LogP contribution in [0.5, 0.6) is 0 Å². The van der Waals surface area contributed by atoms with Gasteiger partial charge < -0.3 is 25.2 Å². The van der Waals surface area contributed by atoms with Crippen molar-refractivity contribution in [2.24, 2.45) is 0 Å². The number of carbonyl (C=O) groups excluding carboxylic acids is 1. The van der Waals surface area contributed by atoms with E-state index < -0.39 is 5.60 Å². The van der Waals surface area contributed by atoms with Crippen molar-refractivity contribution in [2.45, 2.75) is 38.0 Å². The Labute approximate surface area is 108 Å². The second-order valence-corrected chi connectivity index (χ2v) is 4.89. The highest BCUT2D eigenvalue weighted by molar-refractivity contribution is 5.78. The third-order valence-corrected chi connectivity index (χ3v) is 3.20. The summed E-state index contributed by atoms with van der Waals surface area (Å²) in [6, 6.07) is -0.0128. The third-order valence-electron chi connectivity index (χ3n) is 3.20. The maximum atomic E-state index is 11.5. The molecule has 0 aliphatic carbocycles. The summed E-state index contributed by atoms with van der Waals surface area (Å²) < 4.78 is 10.2. The largest absolute Gasteiger partial charge is 0.386 e. The molecule has 0 aromatic heterocycles. The van der Waals surface area contributed by atoms with E-state index in [-0.39, 0.29) is 24.6 Å². The van der Waals surface area contributed by atoms with Gasteiger partial charge in [0.15, 0.2) is 0 Å². The van der Waals surface area contributed by atoms with Crippen LogP contribution in [0, 0.1) is 0 Å². The van der Waals surface area contributed by atoms with Gasteiger partial charge in [-0.05, 0) is 13.8 Å². The molecule has 0 spiro atoms. The number of nitrogens with one attached hydrogen (secondary N) is 2. The maximum absolute atomic E-state index is 11.5. The van der Waals surface area contributed by atoms with Gasteiger partial charge in [0.1, 0.15) is 5.60 Å². The predicted molar refractivity (Wildman–Crippen MR) is 67.3 cm³/mol. The Morgan fingerprint density at radius 2 is 2.39 bits per heavy atom. The van der Waals surface area contributed by atoms with Crippen LogP contribution < -0.4 is 10.6 Å². The first-order valence-electron chi connectivity index (χ1n) is 6.31. The van der Waals surface area contributed by atoms with Gasteiger partial charge in [-0.25, -0.2) is 0 Å². The van der Waals surface area contributed by atoms with E-state index in [9.17, 15) is 9.90 Å². The summed E-state index contributed by atoms with van der Waals surface area (Å²) in [5, 5.41) is 16.0. The molecule has 0 radical (unpaired) electrons. The Bertz CT molecular complexity index is 275. The smallest absolute Gasteiger partial charge is 0.234 e. The van der Waals surface area contributed by atoms with Gasteiger partial charge in [0, 0.05) is 32.7 Å². The summed E-state index contributed by atoms with van der Waals surface area (Å²) in [5.74, 6) is -0.102. The van der Waals surface area contributed by atoms with Gasteiger partial charge in [-0.1, -0.05) is 0 Å². The topological polar surface area (TPSA) is 79.8 Å². The fraction of sp³-hybridized carbons (Fsp3) is 0.917. The van der Waals surface area contributed by atoms with Crippen LogP contribution in [-0.4, -0.2) is 62.2 Å². The molecule has 1 rings (SSSR count). The number of methoxy groups -OCH3 is 1. The maximum Gasteiger partial charge on any atom is 0.234 e. The van der Waals surface area contributed by atoms with Crippen molar-refractivity contribution in [3.8, 4) is 0 Å². The zero-order valence-electron chi connectivity index (χ0n) is 11.4. The molecule has 6 nitrogen and oxygen atoms in total. The normalized spacial score (nSPS) is 29.2. The molecule has 0 aromatic rings. The predicted octanol–water partition coefficient (Wildman–Crippen LogP) is -0.733. The standard InChI is InChI=1S/C12H24N2O4/c1-9(7-17-3)14-11(15)6-13-8-12(16)4-5-18-10(12)2/h9-10,13,16H,4-8H2,1-3H3,(H,14,15). The Morgan fingerprint density at radius 1 is 1.67 bits per heavy atom. The first-order chi connectivity index (χ1) is 8.48.